The molecule has 0 fully saturated rings. The molecule has 92 valence electrons. The number of halogens is 1. The number of aldehydes is 1. The Morgan fingerprint density at radius 3 is 2.72 bits per heavy atom. The number of rotatable bonds is 4. The second-order valence-corrected chi connectivity index (χ2v) is 5.03. The van der Waals surface area contributed by atoms with Crippen LogP contribution in [-0.2, 0) is 5.75 Å². The fourth-order valence-corrected chi connectivity index (χ4v) is 2.74. The molecule has 18 heavy (non-hydrogen) atoms. The lowest BCUT2D eigenvalue weighted by Gasteiger charge is -2.07. The molecule has 1 nitrogen and oxygen atoms in total. The van der Waals surface area contributed by atoms with Gasteiger partial charge in [0, 0.05) is 16.2 Å². The van der Waals surface area contributed by atoms with E-state index >= 15 is 0 Å². The second-order valence-electron chi connectivity index (χ2n) is 4.02. The van der Waals surface area contributed by atoms with Gasteiger partial charge < -0.3 is 0 Å². The van der Waals surface area contributed by atoms with Crippen LogP contribution < -0.4 is 0 Å². The molecular formula is C15H13FOS. The Balaban J connectivity index is 2.16. The first-order valence-electron chi connectivity index (χ1n) is 5.63. The van der Waals surface area contributed by atoms with Crippen molar-refractivity contribution >= 4 is 18.0 Å². The van der Waals surface area contributed by atoms with Crippen molar-refractivity contribution in [1.82, 2.24) is 0 Å². The lowest BCUT2D eigenvalue weighted by Crippen LogP contribution is -1.90. The average Bonchev–Trinajstić information content (AvgIpc) is 2.39. The van der Waals surface area contributed by atoms with Crippen LogP contribution >= 0.6 is 11.8 Å². The quantitative estimate of drug-likeness (QED) is 0.604. The third-order valence-electron chi connectivity index (χ3n) is 2.74. The van der Waals surface area contributed by atoms with Crippen LogP contribution in [0.1, 0.15) is 21.5 Å². The third kappa shape index (κ3) is 2.99. The molecule has 0 aliphatic rings. The standard InChI is InChI=1S/C15H13FOS/c1-11-4-2-3-5-12(11)10-18-15-7-6-14(16)8-13(15)9-17/h2-9H,10H2,1H3. The highest BCUT2D eigenvalue weighted by Gasteiger charge is 2.05. The number of benzene rings is 2. The Morgan fingerprint density at radius 2 is 2.00 bits per heavy atom. The summed E-state index contributed by atoms with van der Waals surface area (Å²) in [5.41, 5.74) is 2.86. The summed E-state index contributed by atoms with van der Waals surface area (Å²) in [6, 6.07) is 12.4. The molecule has 0 saturated heterocycles. The van der Waals surface area contributed by atoms with Gasteiger partial charge in [-0.3, -0.25) is 4.79 Å². The van der Waals surface area contributed by atoms with Gasteiger partial charge in [-0.1, -0.05) is 24.3 Å². The molecule has 0 amide bonds. The summed E-state index contributed by atoms with van der Waals surface area (Å²) >= 11 is 1.55. The summed E-state index contributed by atoms with van der Waals surface area (Å²) < 4.78 is 13.0. The summed E-state index contributed by atoms with van der Waals surface area (Å²) in [6.45, 7) is 2.06. The highest BCUT2D eigenvalue weighted by atomic mass is 32.2. The maximum Gasteiger partial charge on any atom is 0.151 e. The van der Waals surface area contributed by atoms with Crippen molar-refractivity contribution in [2.75, 3.05) is 0 Å². The Labute approximate surface area is 110 Å². The number of carbonyl (C=O) groups is 1. The lowest BCUT2D eigenvalue weighted by atomic mass is 10.1. The molecule has 0 heterocycles. The molecule has 0 aromatic heterocycles. The van der Waals surface area contributed by atoms with E-state index in [1.807, 2.05) is 12.1 Å². The van der Waals surface area contributed by atoms with Gasteiger partial charge in [-0.05, 0) is 36.2 Å². The largest absolute Gasteiger partial charge is 0.298 e. The molecule has 0 aliphatic carbocycles. The van der Waals surface area contributed by atoms with Crippen molar-refractivity contribution in [3.05, 3.63) is 65.0 Å². The average molecular weight is 260 g/mol. The smallest absolute Gasteiger partial charge is 0.151 e. The fourth-order valence-electron chi connectivity index (χ4n) is 1.67. The van der Waals surface area contributed by atoms with E-state index in [4.69, 9.17) is 0 Å². The maximum absolute atomic E-state index is 13.0. The molecule has 0 radical (unpaired) electrons. The summed E-state index contributed by atoms with van der Waals surface area (Å²) in [7, 11) is 0. The monoisotopic (exact) mass is 260 g/mol. The summed E-state index contributed by atoms with van der Waals surface area (Å²) in [6.07, 6.45) is 0.698. The lowest BCUT2D eigenvalue weighted by molar-refractivity contribution is 0.112. The van der Waals surface area contributed by atoms with Gasteiger partial charge in [0.1, 0.15) is 5.82 Å². The molecule has 2 aromatic rings. The summed E-state index contributed by atoms with van der Waals surface area (Å²) in [5.74, 6) is 0.399. The molecule has 0 N–H and O–H groups in total. The van der Waals surface area contributed by atoms with Gasteiger partial charge in [0.25, 0.3) is 0 Å². The minimum absolute atomic E-state index is 0.377. The van der Waals surface area contributed by atoms with E-state index in [1.165, 1.54) is 23.3 Å². The van der Waals surface area contributed by atoms with Crippen LogP contribution in [-0.4, -0.2) is 6.29 Å². The van der Waals surface area contributed by atoms with Crippen molar-refractivity contribution in [2.24, 2.45) is 0 Å². The van der Waals surface area contributed by atoms with E-state index < -0.39 is 0 Å². The van der Waals surface area contributed by atoms with Gasteiger partial charge in [0.05, 0.1) is 0 Å². The zero-order chi connectivity index (χ0) is 13.0. The van der Waals surface area contributed by atoms with Crippen LogP contribution in [0.15, 0.2) is 47.4 Å². The van der Waals surface area contributed by atoms with Crippen LogP contribution in [0.4, 0.5) is 4.39 Å². The van der Waals surface area contributed by atoms with Gasteiger partial charge in [-0.25, -0.2) is 4.39 Å². The molecule has 3 heteroatoms. The van der Waals surface area contributed by atoms with Crippen LogP contribution in [0.3, 0.4) is 0 Å². The Bertz CT molecular complexity index is 566. The highest BCUT2D eigenvalue weighted by molar-refractivity contribution is 7.98. The minimum Gasteiger partial charge on any atom is -0.298 e. The Morgan fingerprint density at radius 1 is 1.22 bits per heavy atom. The SMILES string of the molecule is Cc1ccccc1CSc1ccc(F)cc1C=O. The van der Waals surface area contributed by atoms with E-state index in [2.05, 4.69) is 19.1 Å². The zero-order valence-electron chi connectivity index (χ0n) is 10.0. The molecule has 0 spiro atoms. The van der Waals surface area contributed by atoms with Gasteiger partial charge in [-0.2, -0.15) is 0 Å². The van der Waals surface area contributed by atoms with Crippen LogP contribution in [0, 0.1) is 12.7 Å². The summed E-state index contributed by atoms with van der Waals surface area (Å²) in [4.78, 5) is 11.7. The molecule has 0 aliphatic heterocycles. The minimum atomic E-state index is -0.377. The van der Waals surface area contributed by atoms with Gasteiger partial charge >= 0.3 is 0 Å². The second kappa shape index (κ2) is 5.83. The van der Waals surface area contributed by atoms with E-state index in [-0.39, 0.29) is 5.82 Å². The predicted octanol–water partition coefficient (Wildman–Crippen LogP) is 4.24. The normalized spacial score (nSPS) is 10.3. The topological polar surface area (TPSA) is 17.1 Å². The molecule has 0 atom stereocenters. The first-order chi connectivity index (χ1) is 8.70. The predicted molar refractivity (Wildman–Crippen MR) is 72.5 cm³/mol. The van der Waals surface area contributed by atoms with Crippen molar-refractivity contribution in [3.63, 3.8) is 0 Å². The van der Waals surface area contributed by atoms with E-state index in [0.29, 0.717) is 11.8 Å². The van der Waals surface area contributed by atoms with Crippen molar-refractivity contribution in [1.29, 1.82) is 0 Å². The molecule has 2 aromatic carbocycles. The Hall–Kier alpha value is -1.61. The molecule has 0 bridgehead atoms. The zero-order valence-corrected chi connectivity index (χ0v) is 10.8. The van der Waals surface area contributed by atoms with Gasteiger partial charge in [0.15, 0.2) is 6.29 Å². The molecule has 2 rings (SSSR count). The molecule has 0 saturated carbocycles. The number of hydrogen-bond donors (Lipinski definition) is 0. The van der Waals surface area contributed by atoms with Gasteiger partial charge in [-0.15, -0.1) is 11.8 Å². The maximum atomic E-state index is 13.0. The van der Waals surface area contributed by atoms with E-state index in [9.17, 15) is 9.18 Å². The third-order valence-corrected chi connectivity index (χ3v) is 3.88. The highest BCUT2D eigenvalue weighted by Crippen LogP contribution is 2.27. The van der Waals surface area contributed by atoms with Crippen molar-refractivity contribution in [2.45, 2.75) is 17.6 Å². The van der Waals surface area contributed by atoms with E-state index in [0.717, 1.165) is 10.6 Å². The number of aryl methyl sites for hydroxylation is 1. The van der Waals surface area contributed by atoms with Crippen LogP contribution in [0.2, 0.25) is 0 Å². The summed E-state index contributed by atoms with van der Waals surface area (Å²) in [5, 5.41) is 0. The van der Waals surface area contributed by atoms with Crippen LogP contribution in [0.5, 0.6) is 0 Å². The van der Waals surface area contributed by atoms with Crippen molar-refractivity contribution < 1.29 is 9.18 Å². The number of carbonyl (C=O) groups excluding carboxylic acids is 1. The Kier molecular flexibility index (Phi) is 4.15. The van der Waals surface area contributed by atoms with E-state index in [1.54, 1.807) is 17.8 Å². The molecule has 0 unspecified atom stereocenters. The van der Waals surface area contributed by atoms with Gasteiger partial charge in [0.2, 0.25) is 0 Å². The number of thioether (sulfide) groups is 1. The molecular weight excluding hydrogens is 247 g/mol. The fraction of sp³-hybridized carbons (Fsp3) is 0.133. The first-order valence-corrected chi connectivity index (χ1v) is 6.61. The van der Waals surface area contributed by atoms with Crippen molar-refractivity contribution in [3.8, 4) is 0 Å². The first kappa shape index (κ1) is 12.8. The van der Waals surface area contributed by atoms with Crippen LogP contribution in [0.25, 0.3) is 0 Å². The number of hydrogen-bond acceptors (Lipinski definition) is 2.